The minimum atomic E-state index is -4.41. The largest absolute Gasteiger partial charge is 0.488 e. The van der Waals surface area contributed by atoms with Crippen molar-refractivity contribution in [3.8, 4) is 5.75 Å². The van der Waals surface area contributed by atoms with Crippen molar-refractivity contribution in [3.05, 3.63) is 89.0 Å². The van der Waals surface area contributed by atoms with Gasteiger partial charge in [-0.1, -0.05) is 36.8 Å². The van der Waals surface area contributed by atoms with E-state index in [1.807, 2.05) is 25.8 Å². The highest BCUT2D eigenvalue weighted by molar-refractivity contribution is 7.92. The number of amides is 1. The van der Waals surface area contributed by atoms with Crippen LogP contribution >= 0.6 is 0 Å². The fourth-order valence-electron chi connectivity index (χ4n) is 5.12. The van der Waals surface area contributed by atoms with E-state index in [4.69, 9.17) is 4.74 Å². The molecule has 8 nitrogen and oxygen atoms in total. The van der Waals surface area contributed by atoms with E-state index >= 15 is 0 Å². The lowest BCUT2D eigenvalue weighted by atomic mass is 10.0. The van der Waals surface area contributed by atoms with Gasteiger partial charge < -0.3 is 14.7 Å². The van der Waals surface area contributed by atoms with Crippen molar-refractivity contribution >= 4 is 21.6 Å². The number of rotatable bonds is 9. The van der Waals surface area contributed by atoms with Crippen LogP contribution in [0.15, 0.2) is 71.6 Å². The van der Waals surface area contributed by atoms with Crippen molar-refractivity contribution in [2.75, 3.05) is 31.5 Å². The van der Waals surface area contributed by atoms with Crippen molar-refractivity contribution in [1.29, 1.82) is 0 Å². The molecule has 0 spiro atoms. The molecule has 1 amide bonds. The number of alkyl halides is 3. The lowest BCUT2D eigenvalue weighted by Crippen LogP contribution is -2.47. The second kappa shape index (κ2) is 13.6. The van der Waals surface area contributed by atoms with Crippen LogP contribution in [-0.2, 0) is 34.0 Å². The Morgan fingerprint density at radius 1 is 1.09 bits per heavy atom. The van der Waals surface area contributed by atoms with Crippen molar-refractivity contribution in [3.63, 3.8) is 0 Å². The first kappa shape index (κ1) is 33.3. The Morgan fingerprint density at radius 3 is 2.36 bits per heavy atom. The Labute approximate surface area is 256 Å². The molecule has 0 bridgehead atoms. The van der Waals surface area contributed by atoms with Crippen LogP contribution in [0.5, 0.6) is 5.75 Å². The minimum Gasteiger partial charge on any atom is -0.488 e. The maximum Gasteiger partial charge on any atom is 0.416 e. The third-order valence-corrected chi connectivity index (χ3v) is 9.12. The van der Waals surface area contributed by atoms with E-state index in [1.165, 1.54) is 24.3 Å². The molecule has 2 N–H and O–H groups in total. The second-order valence-corrected chi connectivity index (χ2v) is 13.2. The quantitative estimate of drug-likeness (QED) is 0.341. The third kappa shape index (κ3) is 8.30. The Bertz CT molecular complexity index is 1550. The van der Waals surface area contributed by atoms with Gasteiger partial charge in [0.15, 0.2) is 0 Å². The van der Waals surface area contributed by atoms with Crippen LogP contribution in [0, 0.1) is 12.8 Å². The predicted molar refractivity (Wildman–Crippen MR) is 162 cm³/mol. The van der Waals surface area contributed by atoms with Gasteiger partial charge in [0, 0.05) is 36.8 Å². The van der Waals surface area contributed by atoms with Crippen LogP contribution < -0.4 is 9.46 Å². The van der Waals surface area contributed by atoms with Gasteiger partial charge in [-0.15, -0.1) is 0 Å². The minimum absolute atomic E-state index is 0.0688. The zero-order valence-electron chi connectivity index (χ0n) is 25.1. The topological polar surface area (TPSA) is 99.2 Å². The summed E-state index contributed by atoms with van der Waals surface area (Å²) < 4.78 is 74.1. The molecule has 0 radical (unpaired) electrons. The Kier molecular flexibility index (Phi) is 10.3. The molecule has 44 heavy (non-hydrogen) atoms. The van der Waals surface area contributed by atoms with E-state index in [2.05, 4.69) is 4.72 Å². The van der Waals surface area contributed by atoms with Gasteiger partial charge in [0.25, 0.3) is 10.0 Å². The number of fused-ring (bicyclic) bond motifs is 1. The highest BCUT2D eigenvalue weighted by atomic mass is 32.2. The molecule has 1 heterocycles. The summed E-state index contributed by atoms with van der Waals surface area (Å²) in [7, 11) is -2.05. The fraction of sp³-hybridized carbons (Fsp3) is 0.406. The van der Waals surface area contributed by atoms with Gasteiger partial charge in [-0.05, 0) is 68.9 Å². The SMILES string of the molecule is Cc1ccc(S(=O)(=O)Nc2ccc3c(c2)CC(=O)N([C@@H](C)CO)C[C@H](C)[C@H](CN(C)Cc2ccc(C(F)(F)F)cc2)O3)cc1. The normalized spacial score (nSPS) is 18.6. The van der Waals surface area contributed by atoms with Crippen LogP contribution in [-0.4, -0.2) is 68.1 Å². The average Bonchev–Trinajstić information content (AvgIpc) is 3.00. The molecule has 238 valence electrons. The molecule has 4 rings (SSSR count). The molecule has 12 heteroatoms. The number of aliphatic hydroxyl groups is 1. The molecule has 3 aromatic rings. The van der Waals surface area contributed by atoms with Gasteiger partial charge in [0.2, 0.25) is 5.91 Å². The first-order chi connectivity index (χ1) is 20.7. The number of hydrogen-bond acceptors (Lipinski definition) is 6. The first-order valence-corrected chi connectivity index (χ1v) is 15.8. The molecule has 3 atom stereocenters. The third-order valence-electron chi connectivity index (χ3n) is 7.73. The summed E-state index contributed by atoms with van der Waals surface area (Å²) in [6, 6.07) is 15.8. The summed E-state index contributed by atoms with van der Waals surface area (Å²) in [4.78, 5) is 17.1. The van der Waals surface area contributed by atoms with E-state index < -0.39 is 33.9 Å². The number of likely N-dealkylation sites (N-methyl/N-ethyl adjacent to an activating group) is 1. The van der Waals surface area contributed by atoms with Gasteiger partial charge in [0.1, 0.15) is 11.9 Å². The van der Waals surface area contributed by atoms with Crippen LogP contribution in [0.2, 0.25) is 0 Å². The number of aliphatic hydroxyl groups excluding tert-OH is 1. The van der Waals surface area contributed by atoms with Gasteiger partial charge in [-0.25, -0.2) is 8.42 Å². The van der Waals surface area contributed by atoms with E-state index in [0.29, 0.717) is 36.5 Å². The lowest BCUT2D eigenvalue weighted by molar-refractivity contribution is -0.137. The van der Waals surface area contributed by atoms with Crippen molar-refractivity contribution in [2.24, 2.45) is 5.92 Å². The van der Waals surface area contributed by atoms with Crippen molar-refractivity contribution in [1.82, 2.24) is 9.80 Å². The molecular formula is C32H38F3N3O5S. The van der Waals surface area contributed by atoms with Gasteiger partial charge in [-0.2, -0.15) is 13.2 Å². The summed E-state index contributed by atoms with van der Waals surface area (Å²) >= 11 is 0. The Hall–Kier alpha value is -3.61. The molecule has 0 saturated heterocycles. The Morgan fingerprint density at radius 2 is 1.75 bits per heavy atom. The summed E-state index contributed by atoms with van der Waals surface area (Å²) in [5.74, 6) is 0.00383. The highest BCUT2D eigenvalue weighted by Crippen LogP contribution is 2.31. The number of carbonyl (C=O) groups is 1. The predicted octanol–water partition coefficient (Wildman–Crippen LogP) is 5.10. The van der Waals surface area contributed by atoms with Crippen LogP contribution in [0.1, 0.15) is 36.1 Å². The van der Waals surface area contributed by atoms with Crippen molar-refractivity contribution < 1.29 is 36.2 Å². The lowest BCUT2D eigenvalue weighted by Gasteiger charge is -2.34. The first-order valence-electron chi connectivity index (χ1n) is 14.3. The standard InChI is InChI=1S/C32H38F3N3O5S/c1-21-5-12-28(13-6-21)44(41,42)36-27-11-14-29-25(15-27)16-31(40)38(23(3)20-39)17-22(2)30(43-29)19-37(4)18-24-7-9-26(10-8-24)32(33,34)35/h5-15,22-23,30,36,39H,16-20H2,1-4H3/t22-,23-,30-/m0/s1. The number of nitrogens with one attached hydrogen (secondary N) is 1. The molecule has 0 aromatic heterocycles. The van der Waals surface area contributed by atoms with Crippen molar-refractivity contribution in [2.45, 2.75) is 57.0 Å². The van der Waals surface area contributed by atoms with Crippen LogP contribution in [0.4, 0.5) is 18.9 Å². The number of anilines is 1. The summed E-state index contributed by atoms with van der Waals surface area (Å²) in [6.45, 7) is 6.38. The maximum absolute atomic E-state index is 13.5. The molecule has 3 aromatic carbocycles. The van der Waals surface area contributed by atoms with Crippen LogP contribution in [0.25, 0.3) is 0 Å². The van der Waals surface area contributed by atoms with Gasteiger partial charge in [0.05, 0.1) is 29.5 Å². The molecule has 1 aliphatic heterocycles. The number of aryl methyl sites for hydroxylation is 1. The van der Waals surface area contributed by atoms with Crippen LogP contribution in [0.3, 0.4) is 0 Å². The molecule has 0 aliphatic carbocycles. The maximum atomic E-state index is 13.5. The zero-order valence-corrected chi connectivity index (χ0v) is 26.0. The monoisotopic (exact) mass is 633 g/mol. The van der Waals surface area contributed by atoms with E-state index in [1.54, 1.807) is 42.2 Å². The van der Waals surface area contributed by atoms with Gasteiger partial charge in [-0.3, -0.25) is 14.4 Å². The number of carbonyl (C=O) groups excluding carboxylic acids is 1. The zero-order chi connectivity index (χ0) is 32.2. The van der Waals surface area contributed by atoms with E-state index in [0.717, 1.165) is 17.7 Å². The Balaban J connectivity index is 1.60. The number of nitrogens with zero attached hydrogens (tertiary/aromatic N) is 2. The molecule has 0 unspecified atom stereocenters. The molecule has 1 aliphatic rings. The number of hydrogen-bond donors (Lipinski definition) is 2. The number of ether oxygens (including phenoxy) is 1. The van der Waals surface area contributed by atoms with E-state index in [9.17, 15) is 31.5 Å². The average molecular weight is 634 g/mol. The summed E-state index contributed by atoms with van der Waals surface area (Å²) in [6.07, 6.45) is -4.92. The van der Waals surface area contributed by atoms with E-state index in [-0.39, 0.29) is 35.4 Å². The second-order valence-electron chi connectivity index (χ2n) is 11.5. The number of sulfonamides is 1. The summed E-state index contributed by atoms with van der Waals surface area (Å²) in [5, 5.41) is 9.88. The highest BCUT2D eigenvalue weighted by Gasteiger charge is 2.32. The molecule has 0 fully saturated rings. The number of benzene rings is 3. The smallest absolute Gasteiger partial charge is 0.416 e. The van der Waals surface area contributed by atoms with Gasteiger partial charge >= 0.3 is 6.18 Å². The number of halogens is 3. The molecular weight excluding hydrogens is 595 g/mol. The fourth-order valence-corrected chi connectivity index (χ4v) is 6.17. The summed E-state index contributed by atoms with van der Waals surface area (Å²) in [5.41, 5.74) is 1.67. The molecule has 0 saturated carbocycles.